The topological polar surface area (TPSA) is 64.0 Å². The van der Waals surface area contributed by atoms with Gasteiger partial charge in [-0.2, -0.15) is 5.10 Å². The molecule has 0 aliphatic heterocycles. The number of aromatic nitrogens is 2. The molecular weight excluding hydrogens is 434 g/mol. The Kier molecular flexibility index (Phi) is 6.05. The minimum atomic E-state index is -0.289. The number of carbonyl (C=O) groups excluding carboxylic acids is 2. The number of benzene rings is 4. The zero-order valence-corrected chi connectivity index (χ0v) is 19.2. The molecule has 0 spiro atoms. The monoisotopic (exact) mass is 457 g/mol. The summed E-state index contributed by atoms with van der Waals surface area (Å²) in [6.07, 6.45) is 5.17. The summed E-state index contributed by atoms with van der Waals surface area (Å²) in [6, 6.07) is 31.2. The third kappa shape index (κ3) is 4.94. The number of hydrogen-bond donors (Lipinski definition) is 1. The van der Waals surface area contributed by atoms with Gasteiger partial charge in [0.25, 0.3) is 0 Å². The molecule has 1 N–H and O–H groups in total. The van der Waals surface area contributed by atoms with Crippen molar-refractivity contribution in [2.24, 2.45) is 0 Å². The number of carbonyl (C=O) groups is 2. The molecule has 0 atom stereocenters. The van der Waals surface area contributed by atoms with E-state index < -0.39 is 0 Å². The maximum Gasteiger partial charge on any atom is 0.248 e. The fourth-order valence-electron chi connectivity index (χ4n) is 3.95. The lowest BCUT2D eigenvalue weighted by Gasteiger charge is -2.04. The van der Waals surface area contributed by atoms with Gasteiger partial charge in [0.05, 0.1) is 11.4 Å². The highest BCUT2D eigenvalue weighted by Gasteiger charge is 2.12. The number of amides is 1. The van der Waals surface area contributed by atoms with Crippen LogP contribution in [0.15, 0.2) is 109 Å². The van der Waals surface area contributed by atoms with Gasteiger partial charge in [0.15, 0.2) is 5.78 Å². The number of para-hydroxylation sites is 1. The molecule has 0 bridgehead atoms. The summed E-state index contributed by atoms with van der Waals surface area (Å²) in [7, 11) is 0. The smallest absolute Gasteiger partial charge is 0.248 e. The van der Waals surface area contributed by atoms with Gasteiger partial charge in [0.2, 0.25) is 5.91 Å². The Labute approximate surface area is 203 Å². The number of nitrogens with one attached hydrogen (secondary N) is 1. The van der Waals surface area contributed by atoms with Crippen LogP contribution in [-0.2, 0) is 4.79 Å². The fourth-order valence-corrected chi connectivity index (χ4v) is 3.95. The van der Waals surface area contributed by atoms with Crippen LogP contribution in [0.25, 0.3) is 33.8 Å². The van der Waals surface area contributed by atoms with Crippen LogP contribution < -0.4 is 5.32 Å². The van der Waals surface area contributed by atoms with Crippen molar-refractivity contribution < 1.29 is 9.59 Å². The van der Waals surface area contributed by atoms with Gasteiger partial charge in [0, 0.05) is 34.7 Å². The van der Waals surface area contributed by atoms with E-state index in [0.29, 0.717) is 11.3 Å². The van der Waals surface area contributed by atoms with Crippen LogP contribution in [0.4, 0.5) is 5.69 Å². The molecule has 0 aliphatic rings. The molecule has 5 rings (SSSR count). The summed E-state index contributed by atoms with van der Waals surface area (Å²) < 4.78 is 1.82. The number of nitrogens with zero attached hydrogens (tertiary/aromatic N) is 2. The van der Waals surface area contributed by atoms with Gasteiger partial charge in [-0.1, -0.05) is 66.7 Å². The quantitative estimate of drug-likeness (QED) is 0.232. The number of fused-ring (bicyclic) bond motifs is 1. The Morgan fingerprint density at radius 3 is 2.40 bits per heavy atom. The molecule has 5 aromatic rings. The summed E-state index contributed by atoms with van der Waals surface area (Å²) in [6.45, 7) is 1.50. The molecule has 0 saturated heterocycles. The molecule has 170 valence electrons. The minimum Gasteiger partial charge on any atom is -0.322 e. The molecule has 0 unspecified atom stereocenters. The fraction of sp³-hybridized carbons (Fsp3) is 0.0333. The van der Waals surface area contributed by atoms with Crippen molar-refractivity contribution >= 4 is 34.2 Å². The van der Waals surface area contributed by atoms with Crippen LogP contribution >= 0.6 is 0 Å². The van der Waals surface area contributed by atoms with Crippen molar-refractivity contribution in [2.45, 2.75) is 6.92 Å². The first kappa shape index (κ1) is 22.0. The van der Waals surface area contributed by atoms with Gasteiger partial charge >= 0.3 is 0 Å². The largest absolute Gasteiger partial charge is 0.322 e. The Morgan fingerprint density at radius 2 is 1.60 bits per heavy atom. The highest BCUT2D eigenvalue weighted by Crippen LogP contribution is 2.28. The van der Waals surface area contributed by atoms with Gasteiger partial charge in [-0.05, 0) is 54.1 Å². The van der Waals surface area contributed by atoms with Crippen molar-refractivity contribution in [3.8, 4) is 16.9 Å². The van der Waals surface area contributed by atoms with E-state index in [9.17, 15) is 9.59 Å². The number of anilines is 1. The van der Waals surface area contributed by atoms with Crippen LogP contribution in [0, 0.1) is 0 Å². The second-order valence-corrected chi connectivity index (χ2v) is 8.23. The molecule has 5 nitrogen and oxygen atoms in total. The van der Waals surface area contributed by atoms with Crippen LogP contribution in [0.3, 0.4) is 0 Å². The van der Waals surface area contributed by atoms with Gasteiger partial charge in [-0.15, -0.1) is 0 Å². The molecule has 0 fully saturated rings. The normalized spacial score (nSPS) is 11.1. The van der Waals surface area contributed by atoms with E-state index in [1.54, 1.807) is 30.3 Å². The summed E-state index contributed by atoms with van der Waals surface area (Å²) in [5.74, 6) is -0.340. The van der Waals surface area contributed by atoms with Crippen LogP contribution in [0.5, 0.6) is 0 Å². The van der Waals surface area contributed by atoms with Crippen LogP contribution in [-0.4, -0.2) is 21.5 Å². The Morgan fingerprint density at radius 1 is 0.829 bits per heavy atom. The maximum atomic E-state index is 12.7. The predicted octanol–water partition coefficient (Wildman–Crippen LogP) is 6.55. The molecule has 5 heteroatoms. The third-order valence-electron chi connectivity index (χ3n) is 5.74. The molecule has 4 aromatic carbocycles. The lowest BCUT2D eigenvalue weighted by molar-refractivity contribution is -0.111. The van der Waals surface area contributed by atoms with Crippen molar-refractivity contribution in [2.75, 3.05) is 5.32 Å². The number of Topliss-reactive ketones (excluding diaryl/α,β-unsaturated/α-hetero) is 1. The second kappa shape index (κ2) is 9.61. The minimum absolute atomic E-state index is 0.0509. The zero-order chi connectivity index (χ0) is 24.2. The van der Waals surface area contributed by atoms with Crippen molar-refractivity contribution in [1.82, 2.24) is 9.78 Å². The molecule has 1 aromatic heterocycles. The van der Waals surface area contributed by atoms with E-state index in [0.717, 1.165) is 33.3 Å². The molecule has 0 aliphatic carbocycles. The average Bonchev–Trinajstić information content (AvgIpc) is 3.32. The van der Waals surface area contributed by atoms with Crippen molar-refractivity contribution in [1.29, 1.82) is 0 Å². The van der Waals surface area contributed by atoms with E-state index in [-0.39, 0.29) is 11.7 Å². The molecule has 0 saturated carbocycles. The summed E-state index contributed by atoms with van der Waals surface area (Å²) in [4.78, 5) is 24.3. The van der Waals surface area contributed by atoms with Crippen LogP contribution in [0.1, 0.15) is 22.8 Å². The Hall–Kier alpha value is -4.77. The van der Waals surface area contributed by atoms with Crippen molar-refractivity contribution in [3.63, 3.8) is 0 Å². The summed E-state index contributed by atoms with van der Waals surface area (Å²) >= 11 is 0. The van der Waals surface area contributed by atoms with E-state index in [2.05, 4.69) is 29.6 Å². The lowest BCUT2D eigenvalue weighted by Crippen LogP contribution is -2.08. The van der Waals surface area contributed by atoms with Gasteiger partial charge < -0.3 is 5.32 Å². The van der Waals surface area contributed by atoms with E-state index in [1.807, 2.05) is 59.4 Å². The SMILES string of the molecule is CC(=O)c1cccc(NC(=O)/C=C\c2cn(-c3ccccc3)nc2-c2ccc3ccccc3c2)c1. The molecule has 35 heavy (non-hydrogen) atoms. The number of rotatable bonds is 6. The van der Waals surface area contributed by atoms with Crippen molar-refractivity contribution in [3.05, 3.63) is 120 Å². The molecule has 1 heterocycles. The lowest BCUT2D eigenvalue weighted by atomic mass is 10.0. The first-order chi connectivity index (χ1) is 17.1. The first-order valence-corrected chi connectivity index (χ1v) is 11.3. The zero-order valence-electron chi connectivity index (χ0n) is 19.2. The van der Waals surface area contributed by atoms with Gasteiger partial charge in [-0.3, -0.25) is 9.59 Å². The van der Waals surface area contributed by atoms with Gasteiger partial charge in [0.1, 0.15) is 0 Å². The summed E-state index contributed by atoms with van der Waals surface area (Å²) in [5, 5.41) is 9.95. The molecule has 0 radical (unpaired) electrons. The second-order valence-electron chi connectivity index (χ2n) is 8.23. The molecular formula is C30H23N3O2. The van der Waals surface area contributed by atoms with E-state index >= 15 is 0 Å². The average molecular weight is 458 g/mol. The summed E-state index contributed by atoms with van der Waals surface area (Å²) in [5.41, 5.74) is 4.61. The number of ketones is 1. The Bertz CT molecular complexity index is 1570. The van der Waals surface area contributed by atoms with E-state index in [4.69, 9.17) is 5.10 Å². The maximum absolute atomic E-state index is 12.7. The standard InChI is InChI=1S/C30H23N3O2/c1-21(34)23-10-7-11-27(19-23)31-29(35)17-16-26-20-33(28-12-3-2-4-13-28)32-30(26)25-15-14-22-8-5-6-9-24(22)18-25/h2-20H,1H3,(H,31,35)/b17-16-. The highest BCUT2D eigenvalue weighted by atomic mass is 16.1. The van der Waals surface area contributed by atoms with E-state index in [1.165, 1.54) is 13.0 Å². The predicted molar refractivity (Wildman–Crippen MR) is 141 cm³/mol. The molecule has 1 amide bonds. The third-order valence-corrected chi connectivity index (χ3v) is 5.74. The van der Waals surface area contributed by atoms with Crippen LogP contribution in [0.2, 0.25) is 0 Å². The highest BCUT2D eigenvalue weighted by molar-refractivity contribution is 6.03. The Balaban J connectivity index is 1.48. The first-order valence-electron chi connectivity index (χ1n) is 11.3. The number of hydrogen-bond acceptors (Lipinski definition) is 3. The van der Waals surface area contributed by atoms with Gasteiger partial charge in [-0.25, -0.2) is 4.68 Å².